The number of benzene rings is 1. The van der Waals surface area contributed by atoms with Gasteiger partial charge in [0.2, 0.25) is 0 Å². The first-order chi connectivity index (χ1) is 8.22. The van der Waals surface area contributed by atoms with Gasteiger partial charge in [-0.3, -0.25) is 0 Å². The lowest BCUT2D eigenvalue weighted by atomic mass is 9.97. The zero-order chi connectivity index (χ0) is 12.7. The molecule has 0 spiro atoms. The monoisotopic (exact) mass is 234 g/mol. The zero-order valence-corrected chi connectivity index (χ0v) is 11.2. The van der Waals surface area contributed by atoms with Crippen molar-refractivity contribution in [2.75, 3.05) is 13.7 Å². The van der Waals surface area contributed by atoms with Crippen LogP contribution in [0.4, 0.5) is 0 Å². The second kappa shape index (κ2) is 7.00. The van der Waals surface area contributed by atoms with E-state index in [1.54, 1.807) is 7.11 Å². The van der Waals surface area contributed by atoms with E-state index in [-0.39, 0.29) is 0 Å². The normalized spacial score (nSPS) is 12.7. The molecule has 0 heterocycles. The molecule has 2 heteroatoms. The lowest BCUT2D eigenvalue weighted by Crippen LogP contribution is -1.98. The third-order valence-corrected chi connectivity index (χ3v) is 2.78. The maximum Gasteiger partial charge on any atom is 0.161 e. The fourth-order valence-corrected chi connectivity index (χ4v) is 1.74. The van der Waals surface area contributed by atoms with Crippen molar-refractivity contribution in [3.63, 3.8) is 0 Å². The molecule has 17 heavy (non-hydrogen) atoms. The first-order valence-electron chi connectivity index (χ1n) is 6.14. The molecular formula is C15H22O2. The fourth-order valence-electron chi connectivity index (χ4n) is 1.74. The Morgan fingerprint density at radius 2 is 2.06 bits per heavy atom. The average Bonchev–Trinajstić information content (AvgIpc) is 2.36. The summed E-state index contributed by atoms with van der Waals surface area (Å²) in [5.74, 6) is 2.13. The lowest BCUT2D eigenvalue weighted by Gasteiger charge is -2.14. The summed E-state index contributed by atoms with van der Waals surface area (Å²) in [5.41, 5.74) is 1.28. The Labute approximate surface area is 104 Å². The van der Waals surface area contributed by atoms with Crippen molar-refractivity contribution < 1.29 is 9.47 Å². The van der Waals surface area contributed by atoms with Crippen molar-refractivity contribution >= 4 is 0 Å². The Morgan fingerprint density at radius 3 is 2.65 bits per heavy atom. The summed E-state index contributed by atoms with van der Waals surface area (Å²) in [6, 6.07) is 6.17. The number of hydrogen-bond acceptors (Lipinski definition) is 2. The van der Waals surface area contributed by atoms with Gasteiger partial charge >= 0.3 is 0 Å². The molecule has 0 aromatic heterocycles. The third kappa shape index (κ3) is 3.81. The van der Waals surface area contributed by atoms with E-state index in [2.05, 4.69) is 31.2 Å². The second-order valence-corrected chi connectivity index (χ2v) is 4.05. The Hall–Kier alpha value is -1.44. The summed E-state index contributed by atoms with van der Waals surface area (Å²) in [7, 11) is 1.68. The molecule has 1 rings (SSSR count). The van der Waals surface area contributed by atoms with Crippen LogP contribution in [0.5, 0.6) is 11.5 Å². The molecule has 0 aliphatic carbocycles. The zero-order valence-electron chi connectivity index (χ0n) is 11.2. The summed E-state index contributed by atoms with van der Waals surface area (Å²) < 4.78 is 10.9. The van der Waals surface area contributed by atoms with E-state index in [9.17, 15) is 0 Å². The van der Waals surface area contributed by atoms with Gasteiger partial charge in [0, 0.05) is 0 Å². The largest absolute Gasteiger partial charge is 0.493 e. The molecule has 0 bridgehead atoms. The molecule has 1 unspecified atom stereocenters. The molecule has 1 aromatic rings. The van der Waals surface area contributed by atoms with E-state index in [1.807, 2.05) is 19.9 Å². The number of methoxy groups -OCH3 is 1. The van der Waals surface area contributed by atoms with Gasteiger partial charge in [0.1, 0.15) is 0 Å². The van der Waals surface area contributed by atoms with Gasteiger partial charge in [0.25, 0.3) is 0 Å². The highest BCUT2D eigenvalue weighted by molar-refractivity contribution is 5.44. The van der Waals surface area contributed by atoms with Crippen molar-refractivity contribution in [3.8, 4) is 11.5 Å². The highest BCUT2D eigenvalue weighted by atomic mass is 16.5. The van der Waals surface area contributed by atoms with E-state index < -0.39 is 0 Å². The minimum atomic E-state index is 0.496. The maximum atomic E-state index is 5.50. The van der Waals surface area contributed by atoms with E-state index >= 15 is 0 Å². The van der Waals surface area contributed by atoms with Crippen LogP contribution in [0.15, 0.2) is 30.4 Å². The van der Waals surface area contributed by atoms with Crippen LogP contribution in [-0.2, 0) is 0 Å². The second-order valence-electron chi connectivity index (χ2n) is 4.05. The number of ether oxygens (including phenoxy) is 2. The van der Waals surface area contributed by atoms with Gasteiger partial charge in [0.15, 0.2) is 11.5 Å². The molecule has 0 saturated heterocycles. The summed E-state index contributed by atoms with van der Waals surface area (Å²) >= 11 is 0. The van der Waals surface area contributed by atoms with Crippen LogP contribution in [0.2, 0.25) is 0 Å². The smallest absolute Gasteiger partial charge is 0.161 e. The topological polar surface area (TPSA) is 18.5 Å². The predicted molar refractivity (Wildman–Crippen MR) is 72.0 cm³/mol. The summed E-state index contributed by atoms with van der Waals surface area (Å²) in [4.78, 5) is 0. The van der Waals surface area contributed by atoms with Gasteiger partial charge in [-0.05, 0) is 43.9 Å². The van der Waals surface area contributed by atoms with E-state index in [4.69, 9.17) is 9.47 Å². The van der Waals surface area contributed by atoms with Crippen LogP contribution in [-0.4, -0.2) is 13.7 Å². The Kier molecular flexibility index (Phi) is 5.61. The molecular weight excluding hydrogens is 212 g/mol. The Balaban J connectivity index is 2.88. The molecule has 0 N–H and O–H groups in total. The van der Waals surface area contributed by atoms with Crippen molar-refractivity contribution in [1.82, 2.24) is 0 Å². The van der Waals surface area contributed by atoms with Crippen LogP contribution < -0.4 is 9.47 Å². The summed E-state index contributed by atoms with van der Waals surface area (Å²) in [6.07, 6.45) is 5.32. The number of rotatable bonds is 6. The van der Waals surface area contributed by atoms with Crippen molar-refractivity contribution in [1.29, 1.82) is 0 Å². The molecule has 94 valence electrons. The van der Waals surface area contributed by atoms with Gasteiger partial charge in [-0.15, -0.1) is 0 Å². The van der Waals surface area contributed by atoms with Gasteiger partial charge in [-0.25, -0.2) is 0 Å². The standard InChI is InChI=1S/C15H22O2/c1-5-7-8-12(3)13-9-10-14(17-6-2)15(11-13)16-4/h5,7,9-12H,6,8H2,1-4H3/b7-5-. The summed E-state index contributed by atoms with van der Waals surface area (Å²) in [5, 5.41) is 0. The van der Waals surface area contributed by atoms with Crippen LogP contribution in [0.3, 0.4) is 0 Å². The van der Waals surface area contributed by atoms with Gasteiger partial charge in [0.05, 0.1) is 13.7 Å². The maximum absolute atomic E-state index is 5.50. The van der Waals surface area contributed by atoms with E-state index in [0.717, 1.165) is 17.9 Å². The van der Waals surface area contributed by atoms with Gasteiger partial charge in [-0.2, -0.15) is 0 Å². The predicted octanol–water partition coefficient (Wildman–Crippen LogP) is 4.16. The van der Waals surface area contributed by atoms with Crippen molar-refractivity contribution in [2.24, 2.45) is 0 Å². The first kappa shape index (κ1) is 13.6. The van der Waals surface area contributed by atoms with Gasteiger partial charge in [-0.1, -0.05) is 25.1 Å². The van der Waals surface area contributed by atoms with E-state index in [0.29, 0.717) is 12.5 Å². The molecule has 0 aliphatic rings. The molecule has 0 saturated carbocycles. The minimum absolute atomic E-state index is 0.496. The summed E-state index contributed by atoms with van der Waals surface area (Å²) in [6.45, 7) is 6.90. The Bertz CT molecular complexity index is 369. The number of hydrogen-bond donors (Lipinski definition) is 0. The van der Waals surface area contributed by atoms with Crippen molar-refractivity contribution in [2.45, 2.75) is 33.1 Å². The SMILES string of the molecule is C/C=C\CC(C)c1ccc(OCC)c(OC)c1. The van der Waals surface area contributed by atoms with E-state index in [1.165, 1.54) is 5.56 Å². The molecule has 2 nitrogen and oxygen atoms in total. The molecule has 1 atom stereocenters. The first-order valence-corrected chi connectivity index (χ1v) is 6.14. The van der Waals surface area contributed by atoms with Crippen molar-refractivity contribution in [3.05, 3.63) is 35.9 Å². The molecule has 0 radical (unpaired) electrons. The Morgan fingerprint density at radius 1 is 1.29 bits per heavy atom. The highest BCUT2D eigenvalue weighted by Crippen LogP contribution is 2.31. The fraction of sp³-hybridized carbons (Fsp3) is 0.467. The lowest BCUT2D eigenvalue weighted by molar-refractivity contribution is 0.310. The van der Waals surface area contributed by atoms with Crippen LogP contribution in [0.1, 0.15) is 38.7 Å². The molecule has 1 aromatic carbocycles. The third-order valence-electron chi connectivity index (χ3n) is 2.78. The van der Waals surface area contributed by atoms with Crippen LogP contribution >= 0.6 is 0 Å². The molecule has 0 aliphatic heterocycles. The number of allylic oxidation sites excluding steroid dienone is 2. The molecule has 0 amide bonds. The quantitative estimate of drug-likeness (QED) is 0.688. The highest BCUT2D eigenvalue weighted by Gasteiger charge is 2.09. The minimum Gasteiger partial charge on any atom is -0.493 e. The van der Waals surface area contributed by atoms with Crippen LogP contribution in [0, 0.1) is 0 Å². The molecule has 0 fully saturated rings. The van der Waals surface area contributed by atoms with Crippen LogP contribution in [0.25, 0.3) is 0 Å². The average molecular weight is 234 g/mol. The van der Waals surface area contributed by atoms with Gasteiger partial charge < -0.3 is 9.47 Å².